The molecule has 1 aliphatic heterocycles. The first-order valence-corrected chi connectivity index (χ1v) is 11.5. The van der Waals surface area contributed by atoms with Crippen molar-refractivity contribution in [2.24, 2.45) is 0 Å². The van der Waals surface area contributed by atoms with Crippen molar-refractivity contribution in [1.29, 1.82) is 0 Å². The van der Waals surface area contributed by atoms with Gasteiger partial charge in [0.15, 0.2) is 0 Å². The number of nitrogens with zero attached hydrogens (tertiary/aromatic N) is 3. The van der Waals surface area contributed by atoms with Crippen LogP contribution in [0.15, 0.2) is 66.0 Å². The zero-order valence-electron chi connectivity index (χ0n) is 17.1. The molecule has 1 saturated heterocycles. The van der Waals surface area contributed by atoms with Crippen molar-refractivity contribution in [1.82, 2.24) is 19.9 Å². The molecule has 2 aromatic carbocycles. The largest absolute Gasteiger partial charge is 0.340 e. The highest BCUT2D eigenvalue weighted by Crippen LogP contribution is 2.35. The van der Waals surface area contributed by atoms with Crippen LogP contribution in [0.1, 0.15) is 35.1 Å². The molecule has 1 unspecified atom stereocenters. The van der Waals surface area contributed by atoms with Crippen LogP contribution in [-0.4, -0.2) is 32.3 Å². The van der Waals surface area contributed by atoms with E-state index in [4.69, 9.17) is 4.98 Å². The highest BCUT2D eigenvalue weighted by atomic mass is 32.1. The van der Waals surface area contributed by atoms with Crippen LogP contribution < -0.4 is 0 Å². The molecular weight excluding hydrogens is 423 g/mol. The van der Waals surface area contributed by atoms with Crippen LogP contribution in [0.3, 0.4) is 0 Å². The Morgan fingerprint density at radius 1 is 1.06 bits per heavy atom. The minimum Gasteiger partial charge on any atom is -0.340 e. The molecule has 0 saturated carbocycles. The second kappa shape index (κ2) is 7.53. The Morgan fingerprint density at radius 3 is 2.84 bits per heavy atom. The molecule has 1 fully saturated rings. The van der Waals surface area contributed by atoms with Crippen LogP contribution in [0.5, 0.6) is 0 Å². The summed E-state index contributed by atoms with van der Waals surface area (Å²) >= 11 is 1.61. The molecule has 5 nitrogen and oxygen atoms in total. The van der Waals surface area contributed by atoms with Crippen LogP contribution in [-0.2, 0) is 0 Å². The summed E-state index contributed by atoms with van der Waals surface area (Å²) in [5.41, 5.74) is 3.60. The number of hydrogen-bond acceptors (Lipinski definition) is 4. The fraction of sp³-hybridized carbons (Fsp3) is 0.160. The minimum atomic E-state index is -0.309. The lowest BCUT2D eigenvalue weighted by Gasteiger charge is -2.24. The van der Waals surface area contributed by atoms with E-state index < -0.39 is 0 Å². The summed E-state index contributed by atoms with van der Waals surface area (Å²) in [6, 6.07) is 18.0. The zero-order chi connectivity index (χ0) is 21.7. The monoisotopic (exact) mass is 442 g/mol. The van der Waals surface area contributed by atoms with Crippen LogP contribution in [0.4, 0.5) is 4.39 Å². The summed E-state index contributed by atoms with van der Waals surface area (Å²) in [5.74, 6) is 0.361. The highest BCUT2D eigenvalue weighted by molar-refractivity contribution is 7.13. The van der Waals surface area contributed by atoms with Gasteiger partial charge in [0.2, 0.25) is 0 Å². The molecule has 3 aromatic heterocycles. The number of aromatic nitrogens is 3. The second-order valence-electron chi connectivity index (χ2n) is 7.99. The Kier molecular flexibility index (Phi) is 4.50. The molecule has 5 aromatic rings. The van der Waals surface area contributed by atoms with Gasteiger partial charge in [-0.3, -0.25) is 4.79 Å². The fourth-order valence-electron chi connectivity index (χ4n) is 4.51. The number of para-hydroxylation sites is 1. The molecule has 158 valence electrons. The summed E-state index contributed by atoms with van der Waals surface area (Å²) in [6.45, 7) is 0.653. The first-order valence-electron chi connectivity index (χ1n) is 10.6. The maximum absolute atomic E-state index is 13.8. The molecule has 4 heterocycles. The molecule has 1 aliphatic rings. The number of amides is 1. The summed E-state index contributed by atoms with van der Waals surface area (Å²) in [5, 5.41) is 2.85. The molecule has 0 bridgehead atoms. The van der Waals surface area contributed by atoms with Gasteiger partial charge < -0.3 is 9.88 Å². The van der Waals surface area contributed by atoms with Crippen molar-refractivity contribution in [3.8, 4) is 10.6 Å². The summed E-state index contributed by atoms with van der Waals surface area (Å²) in [7, 11) is 0. The van der Waals surface area contributed by atoms with Crippen LogP contribution in [0, 0.1) is 5.82 Å². The first kappa shape index (κ1) is 19.1. The Labute approximate surface area is 187 Å². The van der Waals surface area contributed by atoms with E-state index in [0.717, 1.165) is 34.3 Å². The topological polar surface area (TPSA) is 61.9 Å². The molecule has 6 rings (SSSR count). The van der Waals surface area contributed by atoms with Gasteiger partial charge in [0, 0.05) is 11.9 Å². The lowest BCUT2D eigenvalue weighted by atomic mass is 10.0. The van der Waals surface area contributed by atoms with E-state index in [0.29, 0.717) is 29.0 Å². The van der Waals surface area contributed by atoms with Gasteiger partial charge in [-0.25, -0.2) is 14.4 Å². The predicted octanol–water partition coefficient (Wildman–Crippen LogP) is 5.96. The van der Waals surface area contributed by atoms with E-state index in [1.807, 2.05) is 52.7 Å². The van der Waals surface area contributed by atoms with Gasteiger partial charge >= 0.3 is 0 Å². The number of likely N-dealkylation sites (tertiary alicyclic amines) is 1. The van der Waals surface area contributed by atoms with Crippen molar-refractivity contribution in [2.45, 2.75) is 18.9 Å². The van der Waals surface area contributed by atoms with Crippen molar-refractivity contribution in [3.63, 3.8) is 0 Å². The summed E-state index contributed by atoms with van der Waals surface area (Å²) in [6.07, 6.45) is 1.71. The molecule has 1 amide bonds. The maximum Gasteiger partial charge on any atom is 0.255 e. The number of halogens is 1. The Balaban J connectivity index is 1.43. The number of H-pyrrole nitrogens is 1. The lowest BCUT2D eigenvalue weighted by Crippen LogP contribution is -2.31. The number of hydrogen-bond donors (Lipinski definition) is 1. The SMILES string of the molecule is O=C(c1cc(-c2cccs2)nc2ccccc12)N1CCCC1c1nc2ccc(F)cc2[nH]1. The van der Waals surface area contributed by atoms with Gasteiger partial charge in [0.25, 0.3) is 5.91 Å². The Bertz CT molecular complexity index is 1460. The van der Waals surface area contributed by atoms with Gasteiger partial charge in [0.05, 0.1) is 38.7 Å². The van der Waals surface area contributed by atoms with Gasteiger partial charge in [0.1, 0.15) is 11.6 Å². The van der Waals surface area contributed by atoms with E-state index in [-0.39, 0.29) is 17.8 Å². The maximum atomic E-state index is 13.8. The number of aromatic amines is 1. The van der Waals surface area contributed by atoms with Gasteiger partial charge in [-0.2, -0.15) is 0 Å². The third-order valence-electron chi connectivity index (χ3n) is 6.01. The zero-order valence-corrected chi connectivity index (χ0v) is 17.9. The van der Waals surface area contributed by atoms with E-state index >= 15 is 0 Å². The number of nitrogens with one attached hydrogen (secondary N) is 1. The third-order valence-corrected chi connectivity index (χ3v) is 6.90. The number of rotatable bonds is 3. The van der Waals surface area contributed by atoms with Crippen molar-refractivity contribution < 1.29 is 9.18 Å². The fourth-order valence-corrected chi connectivity index (χ4v) is 5.20. The predicted molar refractivity (Wildman–Crippen MR) is 124 cm³/mol. The second-order valence-corrected chi connectivity index (χ2v) is 8.94. The number of thiophene rings is 1. The number of benzene rings is 2. The smallest absolute Gasteiger partial charge is 0.255 e. The molecule has 0 radical (unpaired) electrons. The van der Waals surface area contributed by atoms with Crippen LogP contribution >= 0.6 is 11.3 Å². The highest BCUT2D eigenvalue weighted by Gasteiger charge is 2.33. The van der Waals surface area contributed by atoms with Gasteiger partial charge in [-0.1, -0.05) is 24.3 Å². The molecule has 1 N–H and O–H groups in total. The van der Waals surface area contributed by atoms with Crippen molar-refractivity contribution in [2.75, 3.05) is 6.54 Å². The Hall–Kier alpha value is -3.58. The number of fused-ring (bicyclic) bond motifs is 2. The molecular formula is C25H19FN4OS. The van der Waals surface area contributed by atoms with E-state index in [1.165, 1.54) is 12.1 Å². The number of carbonyl (C=O) groups is 1. The molecule has 1 atom stereocenters. The van der Waals surface area contributed by atoms with Crippen LogP contribution in [0.25, 0.3) is 32.5 Å². The lowest BCUT2D eigenvalue weighted by molar-refractivity contribution is 0.0732. The summed E-state index contributed by atoms with van der Waals surface area (Å²) < 4.78 is 13.6. The average molecular weight is 443 g/mol. The minimum absolute atomic E-state index is 0.0319. The molecule has 32 heavy (non-hydrogen) atoms. The molecule has 7 heteroatoms. The standard InChI is InChI=1S/C25H19FN4OS/c26-15-9-10-19-20(13-15)29-24(28-19)22-7-3-11-30(22)25(31)17-14-21(23-8-4-12-32-23)27-18-6-2-1-5-16(17)18/h1-2,4-6,8-10,12-14,22H,3,7,11H2,(H,28,29). The van der Waals surface area contributed by atoms with E-state index in [9.17, 15) is 9.18 Å². The summed E-state index contributed by atoms with van der Waals surface area (Å²) in [4.78, 5) is 29.4. The first-order chi connectivity index (χ1) is 15.7. The number of pyridine rings is 1. The van der Waals surface area contributed by atoms with Crippen molar-refractivity contribution >= 4 is 39.2 Å². The van der Waals surface area contributed by atoms with Crippen LogP contribution in [0.2, 0.25) is 0 Å². The number of imidazole rings is 1. The molecule has 0 spiro atoms. The normalized spacial score (nSPS) is 16.3. The number of carbonyl (C=O) groups excluding carboxylic acids is 1. The average Bonchev–Trinajstić information content (AvgIpc) is 3.57. The van der Waals surface area contributed by atoms with Gasteiger partial charge in [-0.05, 0) is 54.6 Å². The molecule has 0 aliphatic carbocycles. The quantitative estimate of drug-likeness (QED) is 0.375. The van der Waals surface area contributed by atoms with Gasteiger partial charge in [-0.15, -0.1) is 11.3 Å². The third kappa shape index (κ3) is 3.17. The van der Waals surface area contributed by atoms with Crippen molar-refractivity contribution in [3.05, 3.63) is 83.2 Å². The van der Waals surface area contributed by atoms with E-state index in [2.05, 4.69) is 9.97 Å². The van der Waals surface area contributed by atoms with E-state index in [1.54, 1.807) is 17.4 Å². The Morgan fingerprint density at radius 2 is 1.97 bits per heavy atom.